The number of aryl methyl sites for hydroxylation is 1. The fourth-order valence-corrected chi connectivity index (χ4v) is 3.87. The van der Waals surface area contributed by atoms with Gasteiger partial charge in [-0.05, 0) is 42.5 Å². The topological polar surface area (TPSA) is 33.2 Å². The van der Waals surface area contributed by atoms with Gasteiger partial charge in [0, 0.05) is 12.7 Å². The van der Waals surface area contributed by atoms with E-state index < -0.39 is 0 Å². The van der Waals surface area contributed by atoms with E-state index in [0.29, 0.717) is 0 Å². The van der Waals surface area contributed by atoms with Gasteiger partial charge in [0.05, 0.1) is 17.3 Å². The zero-order valence-corrected chi connectivity index (χ0v) is 14.9. The summed E-state index contributed by atoms with van der Waals surface area (Å²) in [6.07, 6.45) is 3.83. The van der Waals surface area contributed by atoms with E-state index in [2.05, 4.69) is 17.1 Å². The summed E-state index contributed by atoms with van der Waals surface area (Å²) in [7, 11) is 0. The van der Waals surface area contributed by atoms with Gasteiger partial charge in [-0.25, -0.2) is 0 Å². The number of hydrogen-bond donors (Lipinski definition) is 0. The zero-order valence-electron chi connectivity index (χ0n) is 14.9. The molecule has 0 radical (unpaired) electrons. The van der Waals surface area contributed by atoms with E-state index in [0.717, 1.165) is 41.8 Å². The quantitative estimate of drug-likeness (QED) is 0.668. The predicted octanol–water partition coefficient (Wildman–Crippen LogP) is 5.03. The molecule has 2 aromatic carbocycles. The highest BCUT2D eigenvalue weighted by atomic mass is 16.2. The third-order valence-electron chi connectivity index (χ3n) is 5.14. The molecule has 1 saturated heterocycles. The van der Waals surface area contributed by atoms with Crippen LogP contribution in [0.4, 0.5) is 0 Å². The molecule has 0 bridgehead atoms. The van der Waals surface area contributed by atoms with Crippen LogP contribution in [0.5, 0.6) is 0 Å². The molecule has 1 amide bonds. The average Bonchev–Trinajstić information content (AvgIpc) is 3.18. The molecule has 4 rings (SSSR count). The Bertz CT molecular complexity index is 906. The van der Waals surface area contributed by atoms with Crippen molar-refractivity contribution in [1.29, 1.82) is 0 Å². The first-order valence-electron chi connectivity index (χ1n) is 9.12. The second kappa shape index (κ2) is 7.12. The van der Waals surface area contributed by atoms with Crippen LogP contribution in [-0.2, 0) is 0 Å². The molecule has 1 aliphatic rings. The Morgan fingerprint density at radius 2 is 1.69 bits per heavy atom. The van der Waals surface area contributed by atoms with Crippen molar-refractivity contribution in [3.63, 3.8) is 0 Å². The molecule has 1 fully saturated rings. The number of hydrogen-bond acceptors (Lipinski definition) is 2. The summed E-state index contributed by atoms with van der Waals surface area (Å²) in [6.45, 7) is 2.72. The third-order valence-corrected chi connectivity index (χ3v) is 5.14. The highest BCUT2D eigenvalue weighted by Gasteiger charge is 2.32. The molecule has 0 N–H and O–H groups in total. The Morgan fingerprint density at radius 3 is 2.42 bits per heavy atom. The van der Waals surface area contributed by atoms with Crippen LogP contribution in [-0.4, -0.2) is 22.3 Å². The first kappa shape index (κ1) is 16.5. The molecule has 1 unspecified atom stereocenters. The Labute approximate surface area is 154 Å². The SMILES string of the molecule is Cc1nccc(-c2ccccc2)c1C(=O)N1CCCC1c1ccccc1. The minimum absolute atomic E-state index is 0.0841. The number of benzene rings is 2. The van der Waals surface area contributed by atoms with E-state index in [4.69, 9.17) is 0 Å². The summed E-state index contributed by atoms with van der Waals surface area (Å²) in [6, 6.07) is 22.5. The zero-order chi connectivity index (χ0) is 17.9. The first-order valence-corrected chi connectivity index (χ1v) is 9.12. The van der Waals surface area contributed by atoms with Gasteiger partial charge in [-0.1, -0.05) is 60.7 Å². The molecule has 1 aromatic heterocycles. The van der Waals surface area contributed by atoms with Gasteiger partial charge < -0.3 is 4.90 Å². The standard InChI is InChI=1S/C23H22N2O/c1-17-22(20(14-15-24-17)18-9-4-2-5-10-18)23(26)25-16-8-13-21(25)19-11-6-3-7-12-19/h2-7,9-12,14-15,21H,8,13,16H2,1H3. The Morgan fingerprint density at radius 1 is 1.00 bits per heavy atom. The van der Waals surface area contributed by atoms with Crippen molar-refractivity contribution in [2.75, 3.05) is 6.54 Å². The summed E-state index contributed by atoms with van der Waals surface area (Å²) < 4.78 is 0. The number of likely N-dealkylation sites (tertiary alicyclic amines) is 1. The fraction of sp³-hybridized carbons (Fsp3) is 0.217. The second-order valence-electron chi connectivity index (χ2n) is 6.75. The molecular formula is C23H22N2O. The maximum atomic E-state index is 13.5. The summed E-state index contributed by atoms with van der Waals surface area (Å²) in [5, 5.41) is 0. The number of rotatable bonds is 3. The van der Waals surface area contributed by atoms with Crippen LogP contribution in [0.2, 0.25) is 0 Å². The normalized spacial score (nSPS) is 16.7. The number of carbonyl (C=O) groups excluding carboxylic acids is 1. The van der Waals surface area contributed by atoms with Crippen LogP contribution < -0.4 is 0 Å². The Kier molecular flexibility index (Phi) is 4.53. The number of pyridine rings is 1. The van der Waals surface area contributed by atoms with Gasteiger partial charge in [0.15, 0.2) is 0 Å². The lowest BCUT2D eigenvalue weighted by Crippen LogP contribution is -2.31. The molecule has 2 heterocycles. The maximum Gasteiger partial charge on any atom is 0.256 e. The van der Waals surface area contributed by atoms with Crippen molar-refractivity contribution in [3.05, 3.63) is 89.7 Å². The van der Waals surface area contributed by atoms with Crippen molar-refractivity contribution in [1.82, 2.24) is 9.88 Å². The smallest absolute Gasteiger partial charge is 0.256 e. The van der Waals surface area contributed by atoms with E-state index in [9.17, 15) is 4.79 Å². The lowest BCUT2D eigenvalue weighted by molar-refractivity contribution is 0.0735. The summed E-state index contributed by atoms with van der Waals surface area (Å²) in [5.41, 5.74) is 4.73. The number of aromatic nitrogens is 1. The number of carbonyl (C=O) groups is 1. The predicted molar refractivity (Wildman–Crippen MR) is 104 cm³/mol. The average molecular weight is 342 g/mol. The van der Waals surface area contributed by atoms with Gasteiger partial charge in [-0.2, -0.15) is 0 Å². The highest BCUT2D eigenvalue weighted by molar-refractivity contribution is 6.02. The van der Waals surface area contributed by atoms with E-state index >= 15 is 0 Å². The molecule has 1 aliphatic heterocycles. The van der Waals surface area contributed by atoms with Crippen molar-refractivity contribution < 1.29 is 4.79 Å². The van der Waals surface area contributed by atoms with Gasteiger partial charge in [0.25, 0.3) is 5.91 Å². The molecule has 26 heavy (non-hydrogen) atoms. The molecule has 0 saturated carbocycles. The van der Waals surface area contributed by atoms with E-state index in [1.54, 1.807) is 6.20 Å². The Hall–Kier alpha value is -2.94. The van der Waals surface area contributed by atoms with Crippen molar-refractivity contribution >= 4 is 5.91 Å². The van der Waals surface area contributed by atoms with Crippen molar-refractivity contribution in [2.45, 2.75) is 25.8 Å². The van der Waals surface area contributed by atoms with Crippen LogP contribution in [0.3, 0.4) is 0 Å². The summed E-state index contributed by atoms with van der Waals surface area (Å²) in [5.74, 6) is 0.0841. The summed E-state index contributed by atoms with van der Waals surface area (Å²) in [4.78, 5) is 20.0. The largest absolute Gasteiger partial charge is 0.332 e. The first-order chi connectivity index (χ1) is 12.8. The minimum atomic E-state index is 0.0841. The van der Waals surface area contributed by atoms with Gasteiger partial charge in [-0.3, -0.25) is 9.78 Å². The van der Waals surface area contributed by atoms with Gasteiger partial charge in [-0.15, -0.1) is 0 Å². The Balaban J connectivity index is 1.75. The van der Waals surface area contributed by atoms with Crippen LogP contribution in [0.1, 0.15) is 40.5 Å². The fourth-order valence-electron chi connectivity index (χ4n) is 3.87. The monoisotopic (exact) mass is 342 g/mol. The molecule has 1 atom stereocenters. The van der Waals surface area contributed by atoms with Crippen molar-refractivity contribution in [3.8, 4) is 11.1 Å². The van der Waals surface area contributed by atoms with Crippen LogP contribution in [0.25, 0.3) is 11.1 Å². The lowest BCUT2D eigenvalue weighted by Gasteiger charge is -2.26. The van der Waals surface area contributed by atoms with Gasteiger partial charge >= 0.3 is 0 Å². The van der Waals surface area contributed by atoms with E-state index in [-0.39, 0.29) is 11.9 Å². The van der Waals surface area contributed by atoms with Gasteiger partial charge in [0.2, 0.25) is 0 Å². The highest BCUT2D eigenvalue weighted by Crippen LogP contribution is 2.35. The molecule has 0 aliphatic carbocycles. The second-order valence-corrected chi connectivity index (χ2v) is 6.75. The number of nitrogens with zero attached hydrogens (tertiary/aromatic N) is 2. The van der Waals surface area contributed by atoms with E-state index in [1.807, 2.05) is 66.4 Å². The van der Waals surface area contributed by atoms with Crippen LogP contribution in [0.15, 0.2) is 72.9 Å². The minimum Gasteiger partial charge on any atom is -0.332 e. The maximum absolute atomic E-state index is 13.5. The molecule has 3 aromatic rings. The van der Waals surface area contributed by atoms with Crippen LogP contribution >= 0.6 is 0 Å². The molecular weight excluding hydrogens is 320 g/mol. The molecule has 3 heteroatoms. The lowest BCUT2D eigenvalue weighted by atomic mass is 9.97. The van der Waals surface area contributed by atoms with E-state index in [1.165, 1.54) is 5.56 Å². The van der Waals surface area contributed by atoms with Crippen molar-refractivity contribution in [2.24, 2.45) is 0 Å². The molecule has 3 nitrogen and oxygen atoms in total. The number of amides is 1. The molecule has 130 valence electrons. The molecule has 0 spiro atoms. The summed E-state index contributed by atoms with van der Waals surface area (Å²) >= 11 is 0. The van der Waals surface area contributed by atoms with Gasteiger partial charge in [0.1, 0.15) is 0 Å². The third kappa shape index (κ3) is 3.01. The van der Waals surface area contributed by atoms with Crippen LogP contribution in [0, 0.1) is 6.92 Å².